The van der Waals surface area contributed by atoms with E-state index >= 15 is 0 Å². The SMILES string of the molecule is IC1=CC=IC=C1. The zero-order valence-corrected chi connectivity index (χ0v) is 7.88. The lowest BCUT2D eigenvalue weighted by molar-refractivity contribution is 2.06. The van der Waals surface area contributed by atoms with E-state index in [9.17, 15) is 0 Å². The molecule has 7 heavy (non-hydrogen) atoms. The monoisotopic (exact) mass is 318 g/mol. The summed E-state index contributed by atoms with van der Waals surface area (Å²) < 4.78 is 5.88. The molecule has 1 aliphatic rings. The lowest BCUT2D eigenvalue weighted by Crippen LogP contribution is -1.65. The molecule has 1 rings (SSSR count). The van der Waals surface area contributed by atoms with Crippen molar-refractivity contribution in [1.82, 2.24) is 0 Å². The highest BCUT2D eigenvalue weighted by molar-refractivity contribution is 14.2. The van der Waals surface area contributed by atoms with Crippen LogP contribution in [0.3, 0.4) is 0 Å². The van der Waals surface area contributed by atoms with E-state index in [0.717, 1.165) is 0 Å². The van der Waals surface area contributed by atoms with Crippen LogP contribution in [0.15, 0.2) is 19.8 Å². The van der Waals surface area contributed by atoms with Gasteiger partial charge in [-0.1, -0.05) is 20.7 Å². The van der Waals surface area contributed by atoms with Crippen LogP contribution in [-0.4, -0.2) is 4.01 Å². The van der Waals surface area contributed by atoms with E-state index in [0.29, 0.717) is 20.7 Å². The second-order valence-corrected chi connectivity index (χ2v) is 4.50. The van der Waals surface area contributed by atoms with Crippen LogP contribution in [0.1, 0.15) is 0 Å². The van der Waals surface area contributed by atoms with Gasteiger partial charge in [-0.25, -0.2) is 0 Å². The molecule has 0 aromatic heterocycles. The van der Waals surface area contributed by atoms with Gasteiger partial charge in [-0.3, -0.25) is 0 Å². The minimum atomic E-state index is 0.301. The van der Waals surface area contributed by atoms with Crippen molar-refractivity contribution in [3.63, 3.8) is 0 Å². The average molecular weight is 318 g/mol. The van der Waals surface area contributed by atoms with Crippen molar-refractivity contribution in [1.29, 1.82) is 0 Å². The van der Waals surface area contributed by atoms with Crippen molar-refractivity contribution in [2.45, 2.75) is 0 Å². The molecular weight excluding hydrogens is 314 g/mol. The summed E-state index contributed by atoms with van der Waals surface area (Å²) in [5.41, 5.74) is 0. The molecule has 0 radical (unpaired) electrons. The number of halogens is 2. The van der Waals surface area contributed by atoms with Crippen molar-refractivity contribution in [3.8, 4) is 0 Å². The van der Waals surface area contributed by atoms with E-state index in [2.05, 4.69) is 42.8 Å². The highest BCUT2D eigenvalue weighted by Gasteiger charge is 1.81. The van der Waals surface area contributed by atoms with Crippen LogP contribution < -0.4 is 0 Å². The first-order valence-electron chi connectivity index (χ1n) is 1.87. The third-order valence-electron chi connectivity index (χ3n) is 0.590. The predicted octanol–water partition coefficient (Wildman–Crippen LogP) is 2.61. The Kier molecular flexibility index (Phi) is 2.51. The molecule has 0 aliphatic carbocycles. The first-order chi connectivity index (χ1) is 3.39. The van der Waals surface area contributed by atoms with Crippen LogP contribution in [0.5, 0.6) is 0 Å². The van der Waals surface area contributed by atoms with E-state index in [1.807, 2.05) is 0 Å². The molecule has 0 fully saturated rings. The minimum absolute atomic E-state index is 0.301. The van der Waals surface area contributed by atoms with Crippen LogP contribution in [0.2, 0.25) is 0 Å². The summed E-state index contributed by atoms with van der Waals surface area (Å²) in [7, 11) is 0. The summed E-state index contributed by atoms with van der Waals surface area (Å²) in [6.45, 7) is 0. The Morgan fingerprint density at radius 1 is 1.57 bits per heavy atom. The average Bonchev–Trinajstić information content (AvgIpc) is 1.69. The fraction of sp³-hybridized carbons (Fsp3) is 0. The zero-order valence-electron chi connectivity index (χ0n) is 3.57. The van der Waals surface area contributed by atoms with E-state index in [1.54, 1.807) is 0 Å². The van der Waals surface area contributed by atoms with Gasteiger partial charge in [0, 0.05) is 3.58 Å². The van der Waals surface area contributed by atoms with Crippen molar-refractivity contribution >= 4 is 47.3 Å². The predicted molar refractivity (Wildman–Crippen MR) is 51.3 cm³/mol. The lowest BCUT2D eigenvalue weighted by atomic mass is 10.5. The van der Waals surface area contributed by atoms with Gasteiger partial charge in [0.05, 0.1) is 0 Å². The lowest BCUT2D eigenvalue weighted by Gasteiger charge is -1.86. The Labute approximate surface area is 66.6 Å². The number of hydrogen-bond acceptors (Lipinski definition) is 0. The Morgan fingerprint density at radius 3 is 2.71 bits per heavy atom. The second-order valence-electron chi connectivity index (χ2n) is 1.10. The maximum atomic E-state index is 2.32. The molecule has 0 nitrogen and oxygen atoms in total. The van der Waals surface area contributed by atoms with Gasteiger partial charge in [-0.2, -0.15) is 0 Å². The molecule has 38 valence electrons. The topological polar surface area (TPSA) is 0 Å². The first-order valence-corrected chi connectivity index (χ1v) is 5.44. The largest absolute Gasteiger partial charge is 0.0937 e. The molecule has 0 spiro atoms. The molecule has 0 amide bonds. The van der Waals surface area contributed by atoms with Crippen LogP contribution in [-0.2, 0) is 0 Å². The summed E-state index contributed by atoms with van der Waals surface area (Å²) in [6.07, 6.45) is 4.35. The number of hydrogen-bond donors (Lipinski definition) is 0. The van der Waals surface area contributed by atoms with Gasteiger partial charge in [0.2, 0.25) is 0 Å². The standard InChI is InChI=1S/C5H4I2/c6-5-1-3-7-4-2-5/h1-4H. The molecule has 0 bridgehead atoms. The van der Waals surface area contributed by atoms with Crippen molar-refractivity contribution in [3.05, 3.63) is 19.8 Å². The van der Waals surface area contributed by atoms with Crippen molar-refractivity contribution in [2.75, 3.05) is 0 Å². The maximum absolute atomic E-state index is 2.32. The fourth-order valence-electron chi connectivity index (χ4n) is 0.291. The maximum Gasteiger partial charge on any atom is 0.0139 e. The van der Waals surface area contributed by atoms with Gasteiger partial charge in [0.15, 0.2) is 0 Å². The van der Waals surface area contributed by atoms with Crippen LogP contribution in [0.4, 0.5) is 0 Å². The molecule has 0 atom stereocenters. The van der Waals surface area contributed by atoms with Crippen LogP contribution in [0.25, 0.3) is 0 Å². The second kappa shape index (κ2) is 2.96. The summed E-state index contributed by atoms with van der Waals surface area (Å²) in [4.78, 5) is 0. The molecule has 0 unspecified atom stereocenters. The quantitative estimate of drug-likeness (QED) is 0.603. The van der Waals surface area contributed by atoms with E-state index in [4.69, 9.17) is 0 Å². The van der Waals surface area contributed by atoms with Crippen molar-refractivity contribution < 1.29 is 0 Å². The molecule has 1 heterocycles. The van der Waals surface area contributed by atoms with E-state index < -0.39 is 0 Å². The third-order valence-corrected chi connectivity index (χ3v) is 2.86. The molecule has 0 aromatic rings. The summed E-state index contributed by atoms with van der Waals surface area (Å²) in [5.74, 6) is 0. The fourth-order valence-corrected chi connectivity index (χ4v) is 3.46. The zero-order chi connectivity index (χ0) is 5.11. The summed E-state index contributed by atoms with van der Waals surface area (Å²) in [5, 5.41) is 0. The first kappa shape index (κ1) is 5.94. The molecule has 1 aliphatic heterocycles. The van der Waals surface area contributed by atoms with E-state index in [-0.39, 0.29) is 0 Å². The molecule has 0 saturated heterocycles. The third kappa shape index (κ3) is 2.03. The summed E-state index contributed by atoms with van der Waals surface area (Å²) in [6, 6.07) is 0. The number of allylic oxidation sites excluding steroid dienone is 3. The molecule has 0 N–H and O–H groups in total. The summed E-state index contributed by atoms with van der Waals surface area (Å²) >= 11 is 2.62. The minimum Gasteiger partial charge on any atom is -0.0937 e. The van der Waals surface area contributed by atoms with Gasteiger partial charge < -0.3 is 0 Å². The van der Waals surface area contributed by atoms with Crippen LogP contribution in [0, 0.1) is 0 Å². The Bertz CT molecular complexity index is 142. The molecular formula is C5H4I2. The Morgan fingerprint density at radius 2 is 2.43 bits per heavy atom. The number of rotatable bonds is 0. The molecule has 0 aromatic carbocycles. The molecule has 0 saturated carbocycles. The normalized spacial score (nSPS) is 18.1. The van der Waals surface area contributed by atoms with Crippen molar-refractivity contribution in [2.24, 2.45) is 0 Å². The van der Waals surface area contributed by atoms with Gasteiger partial charge >= 0.3 is 0 Å². The van der Waals surface area contributed by atoms with Gasteiger partial charge in [-0.15, -0.1) is 0 Å². The van der Waals surface area contributed by atoms with Gasteiger partial charge in [-0.05, 0) is 42.8 Å². The molecule has 2 heteroatoms. The van der Waals surface area contributed by atoms with E-state index in [1.165, 1.54) is 3.58 Å². The Hall–Kier alpha value is 0.810. The highest BCUT2D eigenvalue weighted by atomic mass is 127. The highest BCUT2D eigenvalue weighted by Crippen LogP contribution is 2.14. The smallest absolute Gasteiger partial charge is 0.0139 e. The van der Waals surface area contributed by atoms with Crippen LogP contribution >= 0.6 is 43.3 Å². The van der Waals surface area contributed by atoms with Gasteiger partial charge in [0.25, 0.3) is 0 Å². The van der Waals surface area contributed by atoms with Gasteiger partial charge in [0.1, 0.15) is 0 Å². The Balaban J connectivity index is 2.82.